The van der Waals surface area contributed by atoms with Crippen LogP contribution in [0.15, 0.2) is 0 Å². The Bertz CT molecular complexity index is 372. The Morgan fingerprint density at radius 3 is 3.00 bits per heavy atom. The van der Waals surface area contributed by atoms with E-state index < -0.39 is 0 Å². The van der Waals surface area contributed by atoms with Crippen molar-refractivity contribution in [2.75, 3.05) is 13.1 Å². The number of nitrogens with zero attached hydrogens (tertiary/aromatic N) is 2. The zero-order valence-corrected chi connectivity index (χ0v) is 8.93. The van der Waals surface area contributed by atoms with Gasteiger partial charge in [0.25, 0.3) is 0 Å². The Kier molecular flexibility index (Phi) is 1.57. The first-order valence-corrected chi connectivity index (χ1v) is 5.47. The maximum Gasteiger partial charge on any atom is 0.0665 e. The summed E-state index contributed by atoms with van der Waals surface area (Å²) < 4.78 is 2.05. The van der Waals surface area contributed by atoms with E-state index >= 15 is 0 Å². The van der Waals surface area contributed by atoms with Gasteiger partial charge in [-0.25, -0.2) is 0 Å². The molecule has 1 aliphatic heterocycles. The minimum absolute atomic E-state index is 0.438. The third-order valence-corrected chi connectivity index (χ3v) is 4.02. The standard InChI is InChI=1S/C11H17N3/c1-8-10-9(13-14(8)2)3-4-11(10)5-6-12-7-11/h12H,3-7H2,1-2H3. The van der Waals surface area contributed by atoms with E-state index in [-0.39, 0.29) is 0 Å². The highest BCUT2D eigenvalue weighted by Crippen LogP contribution is 2.44. The van der Waals surface area contributed by atoms with E-state index in [9.17, 15) is 0 Å². The molecular weight excluding hydrogens is 174 g/mol. The fourth-order valence-electron chi connectivity index (χ4n) is 3.19. The number of aryl methyl sites for hydroxylation is 2. The lowest BCUT2D eigenvalue weighted by atomic mass is 9.81. The van der Waals surface area contributed by atoms with Gasteiger partial charge in [0.1, 0.15) is 0 Å². The maximum atomic E-state index is 4.60. The summed E-state index contributed by atoms with van der Waals surface area (Å²) in [4.78, 5) is 0. The maximum absolute atomic E-state index is 4.60. The zero-order chi connectivity index (χ0) is 9.76. The van der Waals surface area contributed by atoms with Crippen molar-refractivity contribution in [2.24, 2.45) is 7.05 Å². The van der Waals surface area contributed by atoms with Gasteiger partial charge in [0.05, 0.1) is 5.69 Å². The lowest BCUT2D eigenvalue weighted by Crippen LogP contribution is -2.26. The van der Waals surface area contributed by atoms with Crippen molar-refractivity contribution in [3.63, 3.8) is 0 Å². The fraction of sp³-hybridized carbons (Fsp3) is 0.727. The van der Waals surface area contributed by atoms with Gasteiger partial charge < -0.3 is 5.32 Å². The second-order valence-corrected chi connectivity index (χ2v) is 4.74. The van der Waals surface area contributed by atoms with Crippen molar-refractivity contribution in [1.82, 2.24) is 15.1 Å². The minimum atomic E-state index is 0.438. The molecule has 0 bridgehead atoms. The molecule has 14 heavy (non-hydrogen) atoms. The number of nitrogens with one attached hydrogen (secondary N) is 1. The highest BCUT2D eigenvalue weighted by molar-refractivity contribution is 5.40. The van der Waals surface area contributed by atoms with Crippen LogP contribution in [0.1, 0.15) is 29.8 Å². The number of hydrogen-bond donors (Lipinski definition) is 1. The van der Waals surface area contributed by atoms with Crippen molar-refractivity contribution in [3.05, 3.63) is 17.0 Å². The number of rotatable bonds is 0. The normalized spacial score (nSPS) is 30.1. The average molecular weight is 191 g/mol. The van der Waals surface area contributed by atoms with Gasteiger partial charge in [0, 0.05) is 30.3 Å². The van der Waals surface area contributed by atoms with Gasteiger partial charge in [-0.1, -0.05) is 0 Å². The van der Waals surface area contributed by atoms with E-state index in [1.165, 1.54) is 37.2 Å². The Morgan fingerprint density at radius 2 is 2.29 bits per heavy atom. The highest BCUT2D eigenvalue weighted by atomic mass is 15.3. The molecule has 1 fully saturated rings. The average Bonchev–Trinajstić information content (AvgIpc) is 2.80. The topological polar surface area (TPSA) is 29.9 Å². The van der Waals surface area contributed by atoms with Crippen LogP contribution in [0, 0.1) is 6.92 Å². The summed E-state index contributed by atoms with van der Waals surface area (Å²) >= 11 is 0. The Hall–Kier alpha value is -0.830. The lowest BCUT2D eigenvalue weighted by molar-refractivity contribution is 0.460. The van der Waals surface area contributed by atoms with Gasteiger partial charge in [0.2, 0.25) is 0 Å². The molecule has 1 spiro atoms. The van der Waals surface area contributed by atoms with E-state index in [2.05, 4.69) is 24.4 Å². The van der Waals surface area contributed by atoms with E-state index in [0.717, 1.165) is 6.54 Å². The molecular formula is C11H17N3. The van der Waals surface area contributed by atoms with Crippen LogP contribution in [0.5, 0.6) is 0 Å². The predicted molar refractivity (Wildman–Crippen MR) is 55.4 cm³/mol. The molecule has 0 amide bonds. The first kappa shape index (κ1) is 8.48. The molecule has 1 atom stereocenters. The molecule has 0 radical (unpaired) electrons. The zero-order valence-electron chi connectivity index (χ0n) is 8.93. The van der Waals surface area contributed by atoms with Gasteiger partial charge in [-0.05, 0) is 32.7 Å². The summed E-state index contributed by atoms with van der Waals surface area (Å²) in [5.74, 6) is 0. The van der Waals surface area contributed by atoms with Gasteiger partial charge in [0.15, 0.2) is 0 Å². The van der Waals surface area contributed by atoms with E-state index in [4.69, 9.17) is 0 Å². The van der Waals surface area contributed by atoms with E-state index in [1.807, 2.05) is 4.68 Å². The quantitative estimate of drug-likeness (QED) is 0.660. The SMILES string of the molecule is Cc1c2c(nn1C)CCC21CCNC1. The monoisotopic (exact) mass is 191 g/mol. The third-order valence-electron chi connectivity index (χ3n) is 4.02. The predicted octanol–water partition coefficient (Wildman–Crippen LogP) is 0.906. The van der Waals surface area contributed by atoms with Gasteiger partial charge in [-0.15, -0.1) is 0 Å². The van der Waals surface area contributed by atoms with Crippen molar-refractivity contribution in [1.29, 1.82) is 0 Å². The van der Waals surface area contributed by atoms with Crippen LogP contribution in [0.3, 0.4) is 0 Å². The highest BCUT2D eigenvalue weighted by Gasteiger charge is 2.44. The van der Waals surface area contributed by atoms with Crippen LogP contribution in [-0.4, -0.2) is 22.9 Å². The molecule has 0 saturated carbocycles. The van der Waals surface area contributed by atoms with Crippen molar-refractivity contribution in [3.8, 4) is 0 Å². The summed E-state index contributed by atoms with van der Waals surface area (Å²) in [5.41, 5.74) is 4.73. The molecule has 3 rings (SSSR count). The number of fused-ring (bicyclic) bond motifs is 2. The molecule has 0 aromatic carbocycles. The summed E-state index contributed by atoms with van der Waals surface area (Å²) in [6.07, 6.45) is 3.78. The molecule has 1 N–H and O–H groups in total. The van der Waals surface area contributed by atoms with Crippen molar-refractivity contribution in [2.45, 2.75) is 31.6 Å². The second-order valence-electron chi connectivity index (χ2n) is 4.74. The molecule has 2 aliphatic rings. The molecule has 1 saturated heterocycles. The molecule has 2 heterocycles. The molecule has 1 aromatic rings. The smallest absolute Gasteiger partial charge is 0.0665 e. The van der Waals surface area contributed by atoms with Crippen LogP contribution in [-0.2, 0) is 18.9 Å². The summed E-state index contributed by atoms with van der Waals surface area (Å²) in [7, 11) is 2.06. The van der Waals surface area contributed by atoms with Crippen LogP contribution in [0.4, 0.5) is 0 Å². The van der Waals surface area contributed by atoms with Gasteiger partial charge in [-0.3, -0.25) is 4.68 Å². The van der Waals surface area contributed by atoms with Crippen LogP contribution >= 0.6 is 0 Å². The Morgan fingerprint density at radius 1 is 1.43 bits per heavy atom. The fourth-order valence-corrected chi connectivity index (χ4v) is 3.19. The van der Waals surface area contributed by atoms with Crippen LogP contribution in [0.25, 0.3) is 0 Å². The molecule has 1 unspecified atom stereocenters. The molecule has 3 nitrogen and oxygen atoms in total. The Balaban J connectivity index is 2.16. The van der Waals surface area contributed by atoms with Gasteiger partial charge in [-0.2, -0.15) is 5.10 Å². The first-order valence-electron chi connectivity index (χ1n) is 5.47. The first-order chi connectivity index (χ1) is 6.73. The summed E-state index contributed by atoms with van der Waals surface area (Å²) in [5, 5.41) is 8.09. The van der Waals surface area contributed by atoms with Crippen LogP contribution in [0.2, 0.25) is 0 Å². The minimum Gasteiger partial charge on any atom is -0.316 e. The van der Waals surface area contributed by atoms with Crippen LogP contribution < -0.4 is 5.32 Å². The van der Waals surface area contributed by atoms with Gasteiger partial charge >= 0.3 is 0 Å². The van der Waals surface area contributed by atoms with E-state index in [0.29, 0.717) is 5.41 Å². The number of hydrogen-bond acceptors (Lipinski definition) is 2. The summed E-state index contributed by atoms with van der Waals surface area (Å²) in [6, 6.07) is 0. The molecule has 1 aromatic heterocycles. The summed E-state index contributed by atoms with van der Waals surface area (Å²) in [6.45, 7) is 4.54. The molecule has 3 heteroatoms. The number of aromatic nitrogens is 2. The Labute approximate surface area is 84.5 Å². The molecule has 1 aliphatic carbocycles. The largest absolute Gasteiger partial charge is 0.316 e. The second kappa shape index (κ2) is 2.60. The van der Waals surface area contributed by atoms with Crippen molar-refractivity contribution < 1.29 is 0 Å². The lowest BCUT2D eigenvalue weighted by Gasteiger charge is -2.23. The molecule has 76 valence electrons. The van der Waals surface area contributed by atoms with Crippen molar-refractivity contribution >= 4 is 0 Å². The van der Waals surface area contributed by atoms with E-state index in [1.54, 1.807) is 5.56 Å². The third kappa shape index (κ3) is 0.883.